The minimum Gasteiger partial charge on any atom is -0.497 e. The number of rotatable bonds is 8. The van der Waals surface area contributed by atoms with Gasteiger partial charge in [0.15, 0.2) is 0 Å². The largest absolute Gasteiger partial charge is 0.497 e. The average Bonchev–Trinajstić information content (AvgIpc) is 2.76. The highest BCUT2D eigenvalue weighted by Gasteiger charge is 2.23. The summed E-state index contributed by atoms with van der Waals surface area (Å²) in [5.74, 6) is 0.725. The Kier molecular flexibility index (Phi) is 7.85. The van der Waals surface area contributed by atoms with Gasteiger partial charge < -0.3 is 15.4 Å². The number of carbonyl (C=O) groups is 2. The van der Waals surface area contributed by atoms with Crippen LogP contribution in [0.4, 0.5) is 5.69 Å². The highest BCUT2D eigenvalue weighted by atomic mass is 16.5. The zero-order valence-corrected chi connectivity index (χ0v) is 17.8. The molecule has 0 aliphatic carbocycles. The number of likely N-dealkylation sites (tertiary alicyclic amines) is 1. The lowest BCUT2D eigenvalue weighted by Crippen LogP contribution is -2.41. The van der Waals surface area contributed by atoms with Crippen LogP contribution in [-0.2, 0) is 16.0 Å². The topological polar surface area (TPSA) is 70.7 Å². The Morgan fingerprint density at radius 2 is 1.67 bits per heavy atom. The normalized spacial score (nSPS) is 15.3. The molecule has 2 aromatic carbocycles. The third-order valence-corrected chi connectivity index (χ3v) is 5.46. The van der Waals surface area contributed by atoms with Gasteiger partial charge >= 0.3 is 0 Å². The number of ether oxygens (including phenoxy) is 1. The second-order valence-corrected chi connectivity index (χ2v) is 7.74. The minimum atomic E-state index is -0.109. The van der Waals surface area contributed by atoms with Crippen molar-refractivity contribution in [1.82, 2.24) is 10.2 Å². The maximum absolute atomic E-state index is 12.6. The fourth-order valence-electron chi connectivity index (χ4n) is 3.88. The van der Waals surface area contributed by atoms with Crippen molar-refractivity contribution in [1.29, 1.82) is 0 Å². The summed E-state index contributed by atoms with van der Waals surface area (Å²) >= 11 is 0. The van der Waals surface area contributed by atoms with Crippen LogP contribution in [0.5, 0.6) is 5.75 Å². The maximum atomic E-state index is 12.6. The van der Waals surface area contributed by atoms with Gasteiger partial charge in [0.2, 0.25) is 11.8 Å². The van der Waals surface area contributed by atoms with E-state index in [0.29, 0.717) is 13.0 Å². The number of carbonyl (C=O) groups excluding carboxylic acids is 2. The zero-order chi connectivity index (χ0) is 21.3. The van der Waals surface area contributed by atoms with E-state index in [0.717, 1.165) is 30.1 Å². The van der Waals surface area contributed by atoms with E-state index in [1.54, 1.807) is 7.11 Å². The lowest BCUT2D eigenvalue weighted by atomic mass is 10.0. The number of piperidine rings is 1. The van der Waals surface area contributed by atoms with Crippen molar-refractivity contribution in [3.8, 4) is 5.75 Å². The number of nitrogens with zero attached hydrogens (tertiary/aromatic N) is 1. The van der Waals surface area contributed by atoms with Crippen molar-refractivity contribution < 1.29 is 14.3 Å². The fraction of sp³-hybridized carbons (Fsp3) is 0.417. The number of benzene rings is 2. The average molecular weight is 410 g/mol. The first-order valence-corrected chi connectivity index (χ1v) is 10.6. The van der Waals surface area contributed by atoms with Crippen molar-refractivity contribution in [3.05, 3.63) is 59.7 Å². The van der Waals surface area contributed by atoms with Crippen molar-refractivity contribution in [2.75, 3.05) is 32.1 Å². The van der Waals surface area contributed by atoms with E-state index in [4.69, 9.17) is 4.74 Å². The van der Waals surface area contributed by atoms with Gasteiger partial charge in [-0.15, -0.1) is 0 Å². The van der Waals surface area contributed by atoms with Crippen LogP contribution in [0.2, 0.25) is 0 Å². The van der Waals surface area contributed by atoms with Gasteiger partial charge in [0.25, 0.3) is 0 Å². The van der Waals surface area contributed by atoms with Gasteiger partial charge in [-0.2, -0.15) is 0 Å². The zero-order valence-electron chi connectivity index (χ0n) is 17.8. The molecule has 6 heteroatoms. The van der Waals surface area contributed by atoms with Crippen LogP contribution in [0.1, 0.15) is 43.4 Å². The van der Waals surface area contributed by atoms with Gasteiger partial charge in [-0.3, -0.25) is 14.5 Å². The number of nitrogens with one attached hydrogen (secondary N) is 2. The SMILES string of the molecule is COc1ccc([C@H](CNC(=O)Cc2ccc(NC(C)=O)cc2)N2CCCCC2)cc1. The van der Waals surface area contributed by atoms with E-state index >= 15 is 0 Å². The summed E-state index contributed by atoms with van der Waals surface area (Å²) in [6.45, 7) is 4.16. The summed E-state index contributed by atoms with van der Waals surface area (Å²) in [5, 5.41) is 5.85. The Morgan fingerprint density at radius 1 is 1.00 bits per heavy atom. The van der Waals surface area contributed by atoms with Crippen LogP contribution in [0, 0.1) is 0 Å². The molecule has 1 heterocycles. The molecule has 0 bridgehead atoms. The molecular weight excluding hydrogens is 378 g/mol. The first kappa shape index (κ1) is 21.8. The van der Waals surface area contributed by atoms with Gasteiger partial charge in [-0.1, -0.05) is 30.7 Å². The molecule has 6 nitrogen and oxygen atoms in total. The third-order valence-electron chi connectivity index (χ3n) is 5.46. The number of hydrogen-bond acceptors (Lipinski definition) is 4. The van der Waals surface area contributed by atoms with Crippen LogP contribution < -0.4 is 15.4 Å². The molecule has 30 heavy (non-hydrogen) atoms. The monoisotopic (exact) mass is 409 g/mol. The third kappa shape index (κ3) is 6.32. The summed E-state index contributed by atoms with van der Waals surface area (Å²) in [6.07, 6.45) is 3.98. The Morgan fingerprint density at radius 3 is 2.27 bits per heavy atom. The summed E-state index contributed by atoms with van der Waals surface area (Å²) in [7, 11) is 1.67. The summed E-state index contributed by atoms with van der Waals surface area (Å²) in [4.78, 5) is 26.2. The van der Waals surface area contributed by atoms with Crippen molar-refractivity contribution in [2.45, 2.75) is 38.6 Å². The second-order valence-electron chi connectivity index (χ2n) is 7.74. The molecule has 0 spiro atoms. The summed E-state index contributed by atoms with van der Waals surface area (Å²) in [5.41, 5.74) is 2.84. The van der Waals surface area contributed by atoms with Crippen LogP contribution in [0.3, 0.4) is 0 Å². The maximum Gasteiger partial charge on any atom is 0.224 e. The molecule has 160 valence electrons. The minimum absolute atomic E-state index is 0.00204. The molecule has 3 rings (SSSR count). The Hall–Kier alpha value is -2.86. The van der Waals surface area contributed by atoms with Crippen molar-refractivity contribution in [3.63, 3.8) is 0 Å². The Balaban J connectivity index is 1.61. The second kappa shape index (κ2) is 10.8. The molecule has 1 saturated heterocycles. The van der Waals surface area contributed by atoms with E-state index in [1.165, 1.54) is 31.7 Å². The lowest BCUT2D eigenvalue weighted by molar-refractivity contribution is -0.120. The quantitative estimate of drug-likeness (QED) is 0.700. The number of amides is 2. The van der Waals surface area contributed by atoms with Gasteiger partial charge in [0, 0.05) is 19.2 Å². The highest BCUT2D eigenvalue weighted by Crippen LogP contribution is 2.26. The van der Waals surface area contributed by atoms with E-state index in [9.17, 15) is 9.59 Å². The number of anilines is 1. The summed E-state index contributed by atoms with van der Waals surface area (Å²) in [6, 6.07) is 15.7. The molecule has 0 aromatic heterocycles. The molecule has 1 atom stereocenters. The molecule has 2 amide bonds. The van der Waals surface area contributed by atoms with Crippen molar-refractivity contribution >= 4 is 17.5 Å². The van der Waals surface area contributed by atoms with Gasteiger partial charge in [-0.05, 0) is 61.3 Å². The number of methoxy groups -OCH3 is 1. The fourth-order valence-corrected chi connectivity index (χ4v) is 3.88. The molecule has 1 aliphatic heterocycles. The molecular formula is C24H31N3O3. The highest BCUT2D eigenvalue weighted by molar-refractivity contribution is 5.88. The van der Waals surface area contributed by atoms with Crippen LogP contribution >= 0.6 is 0 Å². The molecule has 0 radical (unpaired) electrons. The Bertz CT molecular complexity index is 828. The standard InChI is InChI=1S/C24H31N3O3/c1-18(28)26-21-10-6-19(7-11-21)16-24(29)25-17-23(27-14-4-3-5-15-27)20-8-12-22(30-2)13-9-20/h6-13,23H,3-5,14-17H2,1-2H3,(H,25,29)(H,26,28)/t23-/m0/s1. The van der Waals surface area contributed by atoms with Gasteiger partial charge in [-0.25, -0.2) is 0 Å². The van der Waals surface area contributed by atoms with Crippen LogP contribution in [-0.4, -0.2) is 43.5 Å². The van der Waals surface area contributed by atoms with E-state index in [2.05, 4.69) is 27.7 Å². The van der Waals surface area contributed by atoms with E-state index < -0.39 is 0 Å². The predicted octanol–water partition coefficient (Wildman–Crippen LogP) is 3.54. The first-order valence-electron chi connectivity index (χ1n) is 10.6. The predicted molar refractivity (Wildman–Crippen MR) is 119 cm³/mol. The lowest BCUT2D eigenvalue weighted by Gasteiger charge is -2.35. The molecule has 2 N–H and O–H groups in total. The molecule has 0 saturated carbocycles. The van der Waals surface area contributed by atoms with E-state index in [1.807, 2.05) is 36.4 Å². The van der Waals surface area contributed by atoms with Gasteiger partial charge in [0.05, 0.1) is 19.6 Å². The van der Waals surface area contributed by atoms with Crippen LogP contribution in [0.15, 0.2) is 48.5 Å². The van der Waals surface area contributed by atoms with Gasteiger partial charge in [0.1, 0.15) is 5.75 Å². The van der Waals surface area contributed by atoms with Crippen molar-refractivity contribution in [2.24, 2.45) is 0 Å². The molecule has 1 fully saturated rings. The molecule has 1 aliphatic rings. The molecule has 2 aromatic rings. The smallest absolute Gasteiger partial charge is 0.224 e. The Labute approximate surface area is 178 Å². The van der Waals surface area contributed by atoms with E-state index in [-0.39, 0.29) is 17.9 Å². The first-order chi connectivity index (χ1) is 14.5. The summed E-state index contributed by atoms with van der Waals surface area (Å²) < 4.78 is 5.28. The molecule has 0 unspecified atom stereocenters. The number of hydrogen-bond donors (Lipinski definition) is 2. The van der Waals surface area contributed by atoms with Crippen LogP contribution in [0.25, 0.3) is 0 Å².